The summed E-state index contributed by atoms with van der Waals surface area (Å²) in [5.41, 5.74) is 3.92. The maximum atomic E-state index is 14.5. The van der Waals surface area contributed by atoms with Crippen LogP contribution in [0.1, 0.15) is 46.5 Å². The topological polar surface area (TPSA) is 88.8 Å². The molecule has 1 fully saturated rings. The first-order valence-corrected chi connectivity index (χ1v) is 17.4. The van der Waals surface area contributed by atoms with Crippen LogP contribution >= 0.6 is 22.9 Å². The van der Waals surface area contributed by atoms with Crippen molar-refractivity contribution in [3.05, 3.63) is 87.2 Å². The molecule has 1 saturated heterocycles. The van der Waals surface area contributed by atoms with Gasteiger partial charge in [0.1, 0.15) is 6.04 Å². The number of para-hydroxylation sites is 1. The molecule has 2 N–H and O–H groups in total. The summed E-state index contributed by atoms with van der Waals surface area (Å²) in [5.74, 6) is 0.483. The van der Waals surface area contributed by atoms with Gasteiger partial charge in [-0.1, -0.05) is 35.9 Å². The number of benzene rings is 2. The molecular formula is C36H42ClN5O3S. The minimum Gasteiger partial charge on any atom is -0.361 e. The molecule has 0 radical (unpaired) electrons. The Labute approximate surface area is 279 Å². The molecule has 242 valence electrons. The number of hydrogen-bond donors (Lipinski definition) is 2. The molecule has 0 spiro atoms. The minimum absolute atomic E-state index is 0.0965. The largest absolute Gasteiger partial charge is 0.361 e. The summed E-state index contributed by atoms with van der Waals surface area (Å²) >= 11 is 7.86. The van der Waals surface area contributed by atoms with Gasteiger partial charge in [0.25, 0.3) is 5.91 Å². The Balaban J connectivity index is 1.16. The first-order chi connectivity index (χ1) is 22.2. The van der Waals surface area contributed by atoms with Gasteiger partial charge in [-0.3, -0.25) is 14.4 Å². The van der Waals surface area contributed by atoms with Crippen LogP contribution in [-0.4, -0.2) is 78.8 Å². The number of likely N-dealkylation sites (tertiary alicyclic amines) is 1. The summed E-state index contributed by atoms with van der Waals surface area (Å²) in [6.45, 7) is 2.83. The minimum atomic E-state index is -0.724. The Morgan fingerprint density at radius 1 is 1.07 bits per heavy atom. The lowest BCUT2D eigenvalue weighted by Gasteiger charge is -2.37. The maximum Gasteiger partial charge on any atom is 0.263 e. The van der Waals surface area contributed by atoms with E-state index in [1.165, 1.54) is 11.3 Å². The fourth-order valence-electron chi connectivity index (χ4n) is 7.05. The third-order valence-corrected chi connectivity index (χ3v) is 10.4. The molecule has 10 heteroatoms. The highest BCUT2D eigenvalue weighted by molar-refractivity contribution is 7.12. The molecule has 4 heterocycles. The van der Waals surface area contributed by atoms with Gasteiger partial charge in [-0.15, -0.1) is 11.3 Å². The fourth-order valence-corrected chi connectivity index (χ4v) is 7.94. The van der Waals surface area contributed by atoms with Gasteiger partial charge >= 0.3 is 0 Å². The zero-order valence-electron chi connectivity index (χ0n) is 26.5. The van der Waals surface area contributed by atoms with Crippen molar-refractivity contribution in [1.82, 2.24) is 20.1 Å². The van der Waals surface area contributed by atoms with Gasteiger partial charge < -0.3 is 25.0 Å². The van der Waals surface area contributed by atoms with Gasteiger partial charge in [-0.05, 0) is 98.5 Å². The smallest absolute Gasteiger partial charge is 0.263 e. The molecule has 0 aliphatic carbocycles. The monoisotopic (exact) mass is 659 g/mol. The van der Waals surface area contributed by atoms with E-state index in [9.17, 15) is 14.4 Å². The number of aromatic nitrogens is 1. The zero-order chi connectivity index (χ0) is 32.2. The van der Waals surface area contributed by atoms with Crippen molar-refractivity contribution in [1.29, 1.82) is 0 Å². The van der Waals surface area contributed by atoms with Gasteiger partial charge in [-0.25, -0.2) is 0 Å². The summed E-state index contributed by atoms with van der Waals surface area (Å²) in [7, 11) is 4.09. The van der Waals surface area contributed by atoms with Crippen LogP contribution in [0.4, 0.5) is 5.69 Å². The predicted octanol–water partition coefficient (Wildman–Crippen LogP) is 6.01. The number of nitrogens with one attached hydrogen (secondary N) is 2. The Hall–Kier alpha value is -3.66. The number of rotatable bonds is 10. The van der Waals surface area contributed by atoms with Crippen LogP contribution in [0.3, 0.4) is 0 Å². The van der Waals surface area contributed by atoms with Gasteiger partial charge in [0.05, 0.1) is 4.88 Å². The van der Waals surface area contributed by atoms with Crippen LogP contribution in [-0.2, 0) is 22.4 Å². The highest BCUT2D eigenvalue weighted by atomic mass is 35.5. The van der Waals surface area contributed by atoms with E-state index in [0.717, 1.165) is 64.8 Å². The molecule has 3 amide bonds. The molecule has 2 aromatic heterocycles. The van der Waals surface area contributed by atoms with E-state index < -0.39 is 6.04 Å². The number of carbonyl (C=O) groups excluding carboxylic acids is 3. The van der Waals surface area contributed by atoms with Crippen LogP contribution in [0.2, 0.25) is 5.02 Å². The number of hydrogen-bond acceptors (Lipinski definition) is 5. The number of carbonyl (C=O) groups is 3. The number of amides is 3. The highest BCUT2D eigenvalue weighted by Gasteiger charge is 2.34. The number of fused-ring (bicyclic) bond motifs is 2. The fraction of sp³-hybridized carbons (Fsp3) is 0.417. The zero-order valence-corrected chi connectivity index (χ0v) is 28.1. The van der Waals surface area contributed by atoms with Crippen LogP contribution in [0.25, 0.3) is 10.9 Å². The molecule has 2 aliphatic heterocycles. The van der Waals surface area contributed by atoms with Crippen LogP contribution in [0.5, 0.6) is 0 Å². The SMILES string of the molecule is CN(C)C[C@H]1Cc2cc(Cl)ccc2N(C(=O)[C@@H](Cc2c[nH]c3ccccc23)NC(=O)CCC2CCN(C(=O)c3cccs3)CC2)C1. The molecule has 4 aromatic rings. The van der Waals surface area contributed by atoms with Crippen LogP contribution < -0.4 is 10.2 Å². The summed E-state index contributed by atoms with van der Waals surface area (Å²) < 4.78 is 0. The summed E-state index contributed by atoms with van der Waals surface area (Å²) in [4.78, 5) is 50.8. The second-order valence-electron chi connectivity index (χ2n) is 13.0. The molecular weight excluding hydrogens is 618 g/mol. The van der Waals surface area contributed by atoms with Crippen molar-refractivity contribution in [2.45, 2.75) is 44.6 Å². The predicted molar refractivity (Wildman–Crippen MR) is 186 cm³/mol. The summed E-state index contributed by atoms with van der Waals surface area (Å²) in [5, 5.41) is 6.79. The van der Waals surface area contributed by atoms with Crippen molar-refractivity contribution < 1.29 is 14.4 Å². The molecule has 0 saturated carbocycles. The standard InChI is InChI=1S/C36H42ClN5O3S/c1-40(2)22-25-18-26-19-28(37)10-11-32(26)42(23-25)35(44)31(20-27-21-38-30-7-4-3-6-29(27)30)39-34(43)12-9-24-13-15-41(16-14-24)36(45)33-8-5-17-46-33/h3-8,10-11,17,19,21,24-25,31,38H,9,12-16,18,20,22-23H2,1-2H3,(H,39,43)/t25-,31-/m1/s1. The number of anilines is 1. The van der Waals surface area contributed by atoms with Gasteiger partial charge in [-0.2, -0.15) is 0 Å². The van der Waals surface area contributed by atoms with Crippen molar-refractivity contribution in [3.63, 3.8) is 0 Å². The lowest BCUT2D eigenvalue weighted by Crippen LogP contribution is -2.53. The van der Waals surface area contributed by atoms with Crippen molar-refractivity contribution in [3.8, 4) is 0 Å². The maximum absolute atomic E-state index is 14.5. The normalized spacial score (nSPS) is 17.7. The van der Waals surface area contributed by atoms with E-state index in [1.54, 1.807) is 0 Å². The molecule has 2 aliphatic rings. The van der Waals surface area contributed by atoms with E-state index in [4.69, 9.17) is 11.6 Å². The first kappa shape index (κ1) is 32.3. The first-order valence-electron chi connectivity index (χ1n) is 16.2. The number of piperidine rings is 1. The second kappa shape index (κ2) is 14.4. The second-order valence-corrected chi connectivity index (χ2v) is 14.4. The van der Waals surface area contributed by atoms with E-state index in [0.29, 0.717) is 43.4 Å². The number of halogens is 1. The quantitative estimate of drug-likeness (QED) is 0.218. The molecule has 0 bridgehead atoms. The number of aromatic amines is 1. The molecule has 46 heavy (non-hydrogen) atoms. The van der Waals surface area contributed by atoms with Gasteiger partial charge in [0.2, 0.25) is 11.8 Å². The Kier molecular flexibility index (Phi) is 10.1. The third kappa shape index (κ3) is 7.48. The van der Waals surface area contributed by atoms with E-state index in [1.807, 2.05) is 90.1 Å². The Bertz CT molecular complexity index is 1680. The Morgan fingerprint density at radius 3 is 2.63 bits per heavy atom. The number of thiophene rings is 1. The number of H-pyrrole nitrogens is 1. The molecule has 8 nitrogen and oxygen atoms in total. The lowest BCUT2D eigenvalue weighted by atomic mass is 9.90. The highest BCUT2D eigenvalue weighted by Crippen LogP contribution is 2.33. The lowest BCUT2D eigenvalue weighted by molar-refractivity contribution is -0.127. The number of nitrogens with zero attached hydrogens (tertiary/aromatic N) is 3. The van der Waals surface area contributed by atoms with Crippen molar-refractivity contribution in [2.24, 2.45) is 11.8 Å². The van der Waals surface area contributed by atoms with Crippen molar-refractivity contribution in [2.75, 3.05) is 45.2 Å². The molecule has 6 rings (SSSR count). The van der Waals surface area contributed by atoms with Gasteiger partial charge in [0.15, 0.2) is 0 Å². The van der Waals surface area contributed by atoms with E-state index >= 15 is 0 Å². The van der Waals surface area contributed by atoms with Crippen LogP contribution in [0, 0.1) is 11.8 Å². The van der Waals surface area contributed by atoms with E-state index in [2.05, 4.69) is 15.2 Å². The third-order valence-electron chi connectivity index (χ3n) is 9.32. The average Bonchev–Trinajstić information content (AvgIpc) is 3.73. The van der Waals surface area contributed by atoms with Gasteiger partial charge in [0, 0.05) is 66.8 Å². The molecule has 2 atom stereocenters. The van der Waals surface area contributed by atoms with E-state index in [-0.39, 0.29) is 23.6 Å². The Morgan fingerprint density at radius 2 is 1.87 bits per heavy atom. The summed E-state index contributed by atoms with van der Waals surface area (Å²) in [6, 6.07) is 16.8. The summed E-state index contributed by atoms with van der Waals surface area (Å²) in [6.07, 6.45) is 6.00. The van der Waals surface area contributed by atoms with Crippen molar-refractivity contribution >= 4 is 57.2 Å². The molecule has 0 unspecified atom stereocenters. The van der Waals surface area contributed by atoms with Crippen LogP contribution in [0.15, 0.2) is 66.2 Å². The average molecular weight is 660 g/mol. The molecule has 2 aromatic carbocycles.